The molecular weight excluding hydrogens is 336 g/mol. The van der Waals surface area contributed by atoms with E-state index in [0.717, 1.165) is 5.69 Å². The Morgan fingerprint density at radius 1 is 1.19 bits per heavy atom. The van der Waals surface area contributed by atoms with E-state index in [2.05, 4.69) is 15.5 Å². The first-order valence-corrected chi connectivity index (χ1v) is 8.03. The molecule has 8 heteroatoms. The highest BCUT2D eigenvalue weighted by Gasteiger charge is 2.12. The monoisotopic (exact) mass is 354 g/mol. The van der Waals surface area contributed by atoms with Gasteiger partial charge in [0.15, 0.2) is 5.76 Å². The van der Waals surface area contributed by atoms with Crippen molar-refractivity contribution < 1.29 is 18.5 Å². The minimum absolute atomic E-state index is 0.0599. The maximum atomic E-state index is 12.1. The Bertz CT molecular complexity index is 884. The first-order valence-electron chi connectivity index (χ1n) is 8.03. The molecule has 0 spiro atoms. The number of aromatic nitrogens is 2. The molecule has 0 bridgehead atoms. The smallest absolute Gasteiger partial charge is 0.238 e. The van der Waals surface area contributed by atoms with E-state index < -0.39 is 0 Å². The van der Waals surface area contributed by atoms with Crippen molar-refractivity contribution >= 4 is 23.2 Å². The quantitative estimate of drug-likeness (QED) is 0.730. The number of rotatable bonds is 6. The molecule has 0 fully saturated rings. The van der Waals surface area contributed by atoms with Gasteiger partial charge in [-0.05, 0) is 36.4 Å². The van der Waals surface area contributed by atoms with Gasteiger partial charge in [0.25, 0.3) is 0 Å². The highest BCUT2D eigenvalue weighted by molar-refractivity contribution is 5.93. The summed E-state index contributed by atoms with van der Waals surface area (Å²) in [6.45, 7) is 1.49. The van der Waals surface area contributed by atoms with Crippen LogP contribution in [0.5, 0.6) is 0 Å². The molecule has 2 amide bonds. The van der Waals surface area contributed by atoms with Gasteiger partial charge in [-0.3, -0.25) is 9.59 Å². The van der Waals surface area contributed by atoms with Crippen LogP contribution >= 0.6 is 0 Å². The van der Waals surface area contributed by atoms with E-state index in [9.17, 15) is 9.59 Å². The molecule has 0 radical (unpaired) electrons. The van der Waals surface area contributed by atoms with E-state index in [1.165, 1.54) is 18.1 Å². The van der Waals surface area contributed by atoms with Crippen molar-refractivity contribution in [3.63, 3.8) is 0 Å². The van der Waals surface area contributed by atoms with Crippen molar-refractivity contribution in [2.45, 2.75) is 19.8 Å². The number of carbonyl (C=O) groups is 2. The standard InChI is InChI=1S/C18H18N4O4/c1-12(23)22(2)14-7-5-13(6-8-14)19-16(24)9-10-17-20-18(21-26-17)15-4-3-11-25-15/h3-8,11H,9-10H2,1-2H3,(H,19,24). The molecule has 0 aliphatic heterocycles. The molecule has 134 valence electrons. The lowest BCUT2D eigenvalue weighted by Gasteiger charge is -2.15. The summed E-state index contributed by atoms with van der Waals surface area (Å²) < 4.78 is 10.3. The summed E-state index contributed by atoms with van der Waals surface area (Å²) >= 11 is 0. The molecule has 0 saturated carbocycles. The van der Waals surface area contributed by atoms with Gasteiger partial charge in [-0.25, -0.2) is 0 Å². The number of carbonyl (C=O) groups excluding carboxylic acids is 2. The molecule has 0 atom stereocenters. The first-order chi connectivity index (χ1) is 12.5. The Balaban J connectivity index is 1.52. The topological polar surface area (TPSA) is 101 Å². The van der Waals surface area contributed by atoms with Crippen molar-refractivity contribution in [2.75, 3.05) is 17.3 Å². The average Bonchev–Trinajstić information content (AvgIpc) is 3.31. The summed E-state index contributed by atoms with van der Waals surface area (Å²) in [6, 6.07) is 10.5. The van der Waals surface area contributed by atoms with Crippen LogP contribution in [0.4, 0.5) is 11.4 Å². The molecular formula is C18H18N4O4. The van der Waals surface area contributed by atoms with Crippen LogP contribution in [0.15, 0.2) is 51.6 Å². The van der Waals surface area contributed by atoms with Crippen LogP contribution in [0, 0.1) is 0 Å². The van der Waals surface area contributed by atoms with E-state index >= 15 is 0 Å². The summed E-state index contributed by atoms with van der Waals surface area (Å²) in [5.41, 5.74) is 1.41. The number of hydrogen-bond acceptors (Lipinski definition) is 6. The summed E-state index contributed by atoms with van der Waals surface area (Å²) in [4.78, 5) is 29.1. The fourth-order valence-corrected chi connectivity index (χ4v) is 2.26. The largest absolute Gasteiger partial charge is 0.461 e. The zero-order valence-electron chi connectivity index (χ0n) is 14.4. The van der Waals surface area contributed by atoms with Gasteiger partial charge < -0.3 is 19.2 Å². The van der Waals surface area contributed by atoms with E-state index in [4.69, 9.17) is 8.94 Å². The van der Waals surface area contributed by atoms with Gasteiger partial charge in [-0.2, -0.15) is 4.98 Å². The maximum Gasteiger partial charge on any atom is 0.238 e. The van der Waals surface area contributed by atoms with Crippen molar-refractivity contribution in [3.8, 4) is 11.6 Å². The molecule has 3 rings (SSSR count). The Labute approximate surface area is 149 Å². The van der Waals surface area contributed by atoms with E-state index in [1.54, 1.807) is 43.4 Å². The number of nitrogens with zero attached hydrogens (tertiary/aromatic N) is 3. The van der Waals surface area contributed by atoms with Crippen LogP contribution in [0.3, 0.4) is 0 Å². The first kappa shape index (κ1) is 17.4. The fraction of sp³-hybridized carbons (Fsp3) is 0.222. The summed E-state index contributed by atoms with van der Waals surface area (Å²) in [5, 5.41) is 6.61. The van der Waals surface area contributed by atoms with Crippen LogP contribution in [0.1, 0.15) is 19.2 Å². The van der Waals surface area contributed by atoms with Gasteiger partial charge in [0, 0.05) is 38.2 Å². The van der Waals surface area contributed by atoms with Crippen LogP contribution in [0.2, 0.25) is 0 Å². The number of nitrogens with one attached hydrogen (secondary N) is 1. The SMILES string of the molecule is CC(=O)N(C)c1ccc(NC(=O)CCc2nc(-c3ccco3)no2)cc1. The minimum Gasteiger partial charge on any atom is -0.461 e. The zero-order chi connectivity index (χ0) is 18.5. The number of hydrogen-bond donors (Lipinski definition) is 1. The lowest BCUT2D eigenvalue weighted by molar-refractivity contribution is -0.117. The molecule has 3 aromatic rings. The fourth-order valence-electron chi connectivity index (χ4n) is 2.26. The predicted octanol–water partition coefficient (Wildman–Crippen LogP) is 2.88. The molecule has 2 heterocycles. The van der Waals surface area contributed by atoms with E-state index in [-0.39, 0.29) is 18.2 Å². The Kier molecular flexibility index (Phi) is 5.12. The third-order valence-electron chi connectivity index (χ3n) is 3.79. The molecule has 8 nitrogen and oxygen atoms in total. The van der Waals surface area contributed by atoms with Gasteiger partial charge in [0.2, 0.25) is 23.5 Å². The molecule has 26 heavy (non-hydrogen) atoms. The van der Waals surface area contributed by atoms with Crippen molar-refractivity contribution in [1.29, 1.82) is 0 Å². The maximum absolute atomic E-state index is 12.1. The van der Waals surface area contributed by atoms with Gasteiger partial charge in [0.1, 0.15) is 0 Å². The van der Waals surface area contributed by atoms with Gasteiger partial charge in [-0.15, -0.1) is 0 Å². The third-order valence-corrected chi connectivity index (χ3v) is 3.79. The highest BCUT2D eigenvalue weighted by Crippen LogP contribution is 2.18. The van der Waals surface area contributed by atoms with Crippen molar-refractivity contribution in [2.24, 2.45) is 0 Å². The molecule has 1 aromatic carbocycles. The number of benzene rings is 1. The number of anilines is 2. The number of furan rings is 1. The van der Waals surface area contributed by atoms with Crippen molar-refractivity contribution in [1.82, 2.24) is 10.1 Å². The Morgan fingerprint density at radius 3 is 2.62 bits per heavy atom. The molecule has 2 aromatic heterocycles. The lowest BCUT2D eigenvalue weighted by Crippen LogP contribution is -2.22. The summed E-state index contributed by atoms with van der Waals surface area (Å²) in [5.74, 6) is 1.01. The molecule has 0 unspecified atom stereocenters. The Hall–Kier alpha value is -3.42. The molecule has 0 saturated heterocycles. The van der Waals surface area contributed by atoms with Gasteiger partial charge >= 0.3 is 0 Å². The van der Waals surface area contributed by atoms with Crippen LogP contribution in [0.25, 0.3) is 11.6 Å². The Morgan fingerprint density at radius 2 is 1.96 bits per heavy atom. The van der Waals surface area contributed by atoms with Crippen LogP contribution < -0.4 is 10.2 Å². The predicted molar refractivity (Wildman–Crippen MR) is 94.5 cm³/mol. The van der Waals surface area contributed by atoms with Crippen molar-refractivity contribution in [3.05, 3.63) is 48.6 Å². The highest BCUT2D eigenvalue weighted by atomic mass is 16.5. The molecule has 1 N–H and O–H groups in total. The van der Waals surface area contributed by atoms with Gasteiger partial charge in [-0.1, -0.05) is 5.16 Å². The number of aryl methyl sites for hydroxylation is 1. The van der Waals surface area contributed by atoms with E-state index in [1.807, 2.05) is 0 Å². The molecule has 0 aliphatic rings. The minimum atomic E-state index is -0.171. The summed E-state index contributed by atoms with van der Waals surface area (Å²) in [7, 11) is 1.69. The van der Waals surface area contributed by atoms with Gasteiger partial charge in [0.05, 0.1) is 6.26 Å². The van der Waals surface area contributed by atoms with Crippen LogP contribution in [-0.4, -0.2) is 29.0 Å². The molecule has 0 aliphatic carbocycles. The summed E-state index contributed by atoms with van der Waals surface area (Å²) in [6.07, 6.45) is 2.05. The third kappa shape index (κ3) is 4.15. The lowest BCUT2D eigenvalue weighted by atomic mass is 10.2. The second-order valence-corrected chi connectivity index (χ2v) is 5.66. The number of amides is 2. The second kappa shape index (κ2) is 7.64. The zero-order valence-corrected chi connectivity index (χ0v) is 14.4. The normalized spacial score (nSPS) is 10.5. The van der Waals surface area contributed by atoms with E-state index in [0.29, 0.717) is 29.6 Å². The average molecular weight is 354 g/mol. The second-order valence-electron chi connectivity index (χ2n) is 5.66. The van der Waals surface area contributed by atoms with Crippen LogP contribution in [-0.2, 0) is 16.0 Å².